The van der Waals surface area contributed by atoms with Crippen LogP contribution in [0.15, 0.2) is 24.3 Å². The van der Waals surface area contributed by atoms with Crippen molar-refractivity contribution in [1.29, 1.82) is 0 Å². The molecule has 0 unspecified atom stereocenters. The predicted molar refractivity (Wildman–Crippen MR) is 117 cm³/mol. The van der Waals surface area contributed by atoms with Crippen molar-refractivity contribution in [3.63, 3.8) is 0 Å². The quantitative estimate of drug-likeness (QED) is 0.695. The molecule has 1 saturated carbocycles. The van der Waals surface area contributed by atoms with Crippen molar-refractivity contribution < 1.29 is 23.9 Å². The van der Waals surface area contributed by atoms with Crippen LogP contribution in [-0.2, 0) is 25.7 Å². The highest BCUT2D eigenvalue weighted by molar-refractivity contribution is 5.99. The molecule has 2 saturated heterocycles. The molecular formula is C24H31N3O5. The molecule has 4 atom stereocenters. The molecule has 1 aromatic rings. The number of rotatable bonds is 6. The van der Waals surface area contributed by atoms with E-state index in [1.807, 2.05) is 6.92 Å². The minimum Gasteiger partial charge on any atom is -0.367 e. The lowest BCUT2D eigenvalue weighted by molar-refractivity contribution is -0.139. The number of likely N-dealkylation sites (tertiary alicyclic amines) is 1. The Bertz CT molecular complexity index is 893. The molecule has 2 aliphatic heterocycles. The first kappa shape index (κ1) is 22.5. The zero-order valence-corrected chi connectivity index (χ0v) is 18.6. The lowest BCUT2D eigenvalue weighted by atomic mass is 9.95. The predicted octanol–water partition coefficient (Wildman–Crippen LogP) is 1.43. The van der Waals surface area contributed by atoms with Gasteiger partial charge in [-0.25, -0.2) is 0 Å². The number of ketones is 1. The Morgan fingerprint density at radius 3 is 2.50 bits per heavy atom. The second-order valence-electron chi connectivity index (χ2n) is 9.26. The number of Topliss-reactive ketones (excluding diaryl/α,β-unsaturated/α-hetero) is 1. The van der Waals surface area contributed by atoms with Gasteiger partial charge in [0.15, 0.2) is 5.78 Å². The number of carbonyl (C=O) groups is 4. The summed E-state index contributed by atoms with van der Waals surface area (Å²) in [6, 6.07) is 5.79. The van der Waals surface area contributed by atoms with Crippen LogP contribution in [0.25, 0.3) is 0 Å². The highest BCUT2D eigenvalue weighted by Crippen LogP contribution is 2.34. The van der Waals surface area contributed by atoms with Gasteiger partial charge in [-0.2, -0.15) is 0 Å². The smallest absolute Gasteiger partial charge is 0.251 e. The second kappa shape index (κ2) is 9.40. The number of nitrogens with one attached hydrogen (secondary N) is 2. The Hall–Kier alpha value is -2.74. The van der Waals surface area contributed by atoms with Crippen molar-refractivity contribution in [2.75, 3.05) is 13.2 Å². The number of ether oxygens (including phenoxy) is 1. The normalized spacial score (nSPS) is 26.1. The lowest BCUT2D eigenvalue weighted by Gasteiger charge is -2.30. The third-order valence-electron chi connectivity index (χ3n) is 6.90. The maximum Gasteiger partial charge on any atom is 0.251 e. The summed E-state index contributed by atoms with van der Waals surface area (Å²) in [6.07, 6.45) is 3.59. The van der Waals surface area contributed by atoms with Crippen LogP contribution in [0.3, 0.4) is 0 Å². The molecular weight excluding hydrogens is 410 g/mol. The summed E-state index contributed by atoms with van der Waals surface area (Å²) < 4.78 is 5.63. The van der Waals surface area contributed by atoms with Crippen LogP contribution in [0, 0.1) is 11.8 Å². The van der Waals surface area contributed by atoms with Gasteiger partial charge in [0.05, 0.1) is 6.10 Å². The number of amides is 3. The van der Waals surface area contributed by atoms with Gasteiger partial charge in [0.25, 0.3) is 5.91 Å². The standard InChI is InChI=1S/C24H31N3O5/c1-14-12-27(21-19(29)13-32-22(14)21)24(31)20(17-5-3-4-6-17)26-23(30)18-9-7-16(8-10-18)11-25-15(2)28/h7-10,14,17,20-22H,3-6,11-13H2,1-2H3,(H,25,28)(H,26,30)/t14-,20+,21-,22-/m1/s1. The molecule has 3 amide bonds. The summed E-state index contributed by atoms with van der Waals surface area (Å²) in [6.45, 7) is 4.36. The molecule has 0 spiro atoms. The van der Waals surface area contributed by atoms with E-state index in [4.69, 9.17) is 4.74 Å². The first-order valence-electron chi connectivity index (χ1n) is 11.4. The van der Waals surface area contributed by atoms with Crippen LogP contribution in [0.5, 0.6) is 0 Å². The van der Waals surface area contributed by atoms with Gasteiger partial charge in [0.1, 0.15) is 18.7 Å². The van der Waals surface area contributed by atoms with Crippen molar-refractivity contribution in [2.45, 2.75) is 64.3 Å². The molecule has 1 aromatic carbocycles. The van der Waals surface area contributed by atoms with Crippen molar-refractivity contribution in [3.05, 3.63) is 35.4 Å². The fraction of sp³-hybridized carbons (Fsp3) is 0.583. The molecule has 8 nitrogen and oxygen atoms in total. The molecule has 8 heteroatoms. The minimum absolute atomic E-state index is 0.0503. The summed E-state index contributed by atoms with van der Waals surface area (Å²) in [5.74, 6) is -0.498. The summed E-state index contributed by atoms with van der Waals surface area (Å²) in [4.78, 5) is 51.7. The molecule has 3 aliphatic rings. The van der Waals surface area contributed by atoms with Crippen LogP contribution in [0.4, 0.5) is 0 Å². The molecule has 0 bridgehead atoms. The van der Waals surface area contributed by atoms with Crippen LogP contribution >= 0.6 is 0 Å². The van der Waals surface area contributed by atoms with Gasteiger partial charge < -0.3 is 20.3 Å². The lowest BCUT2D eigenvalue weighted by Crippen LogP contribution is -2.54. The summed E-state index contributed by atoms with van der Waals surface area (Å²) in [7, 11) is 0. The van der Waals surface area contributed by atoms with E-state index in [2.05, 4.69) is 10.6 Å². The average Bonchev–Trinajstić information content (AvgIpc) is 3.50. The van der Waals surface area contributed by atoms with Crippen LogP contribution in [-0.4, -0.2) is 59.7 Å². The SMILES string of the molecule is CC(=O)NCc1ccc(C(=O)N[C@H](C(=O)N2C[C@@H](C)[C@H]3OCC(=O)[C@H]32)C2CCCC2)cc1. The Morgan fingerprint density at radius 2 is 1.84 bits per heavy atom. The van der Waals surface area contributed by atoms with Gasteiger partial charge in [-0.3, -0.25) is 19.2 Å². The zero-order valence-electron chi connectivity index (χ0n) is 18.6. The molecule has 4 rings (SSSR count). The molecule has 0 aromatic heterocycles. The van der Waals surface area contributed by atoms with Gasteiger partial charge in [-0.05, 0) is 36.5 Å². The van der Waals surface area contributed by atoms with Crippen molar-refractivity contribution in [2.24, 2.45) is 11.8 Å². The van der Waals surface area contributed by atoms with E-state index in [0.717, 1.165) is 31.2 Å². The molecule has 0 radical (unpaired) electrons. The topological polar surface area (TPSA) is 105 Å². The van der Waals surface area contributed by atoms with E-state index in [9.17, 15) is 19.2 Å². The molecule has 2 heterocycles. The first-order valence-corrected chi connectivity index (χ1v) is 11.4. The van der Waals surface area contributed by atoms with Crippen LogP contribution < -0.4 is 10.6 Å². The minimum atomic E-state index is -0.650. The number of nitrogens with zero attached hydrogens (tertiary/aromatic N) is 1. The van der Waals surface area contributed by atoms with Crippen molar-refractivity contribution >= 4 is 23.5 Å². The van der Waals surface area contributed by atoms with Crippen molar-refractivity contribution in [3.8, 4) is 0 Å². The summed E-state index contributed by atoms with van der Waals surface area (Å²) >= 11 is 0. The summed E-state index contributed by atoms with van der Waals surface area (Å²) in [5, 5.41) is 5.70. The number of fused-ring (bicyclic) bond motifs is 1. The fourth-order valence-corrected chi connectivity index (χ4v) is 5.20. The first-order chi connectivity index (χ1) is 15.3. The van der Waals surface area contributed by atoms with E-state index in [1.54, 1.807) is 29.2 Å². The number of hydrogen-bond acceptors (Lipinski definition) is 5. The van der Waals surface area contributed by atoms with E-state index >= 15 is 0 Å². The largest absolute Gasteiger partial charge is 0.367 e. The Morgan fingerprint density at radius 1 is 1.16 bits per heavy atom. The third-order valence-corrected chi connectivity index (χ3v) is 6.90. The zero-order chi connectivity index (χ0) is 22.8. The molecule has 1 aliphatic carbocycles. The fourth-order valence-electron chi connectivity index (χ4n) is 5.20. The third kappa shape index (κ3) is 4.55. The number of carbonyl (C=O) groups excluding carboxylic acids is 4. The van der Waals surface area contributed by atoms with Gasteiger partial charge in [-0.15, -0.1) is 0 Å². The molecule has 3 fully saturated rings. The van der Waals surface area contributed by atoms with Crippen LogP contribution in [0.1, 0.15) is 55.5 Å². The van der Waals surface area contributed by atoms with Gasteiger partial charge in [0.2, 0.25) is 11.8 Å². The monoisotopic (exact) mass is 441 g/mol. The van der Waals surface area contributed by atoms with Crippen LogP contribution in [0.2, 0.25) is 0 Å². The second-order valence-corrected chi connectivity index (χ2v) is 9.26. The number of hydrogen-bond donors (Lipinski definition) is 2. The Labute approximate surface area is 188 Å². The molecule has 2 N–H and O–H groups in total. The number of benzene rings is 1. The van der Waals surface area contributed by atoms with Gasteiger partial charge in [0, 0.05) is 31.5 Å². The van der Waals surface area contributed by atoms with Gasteiger partial charge >= 0.3 is 0 Å². The van der Waals surface area contributed by atoms with E-state index < -0.39 is 12.1 Å². The van der Waals surface area contributed by atoms with Crippen molar-refractivity contribution in [1.82, 2.24) is 15.5 Å². The molecule has 32 heavy (non-hydrogen) atoms. The molecule has 172 valence electrons. The Balaban J connectivity index is 1.48. The van der Waals surface area contributed by atoms with E-state index in [0.29, 0.717) is 18.7 Å². The maximum absolute atomic E-state index is 13.6. The maximum atomic E-state index is 13.6. The van der Waals surface area contributed by atoms with Gasteiger partial charge in [-0.1, -0.05) is 31.9 Å². The van der Waals surface area contributed by atoms with E-state index in [1.165, 1.54) is 6.92 Å². The highest BCUT2D eigenvalue weighted by atomic mass is 16.5. The summed E-state index contributed by atoms with van der Waals surface area (Å²) in [5.41, 5.74) is 1.34. The average molecular weight is 442 g/mol. The Kier molecular flexibility index (Phi) is 6.60. The van der Waals surface area contributed by atoms with E-state index in [-0.39, 0.29) is 48.1 Å². The highest BCUT2D eigenvalue weighted by Gasteiger charge is 2.52.